The SMILES string of the molecule is CC(C)OC(=O)NC(C(=O)O)C(C)C. The number of aliphatic carboxylic acids is 1. The van der Waals surface area contributed by atoms with E-state index in [1.807, 2.05) is 0 Å². The lowest BCUT2D eigenvalue weighted by Gasteiger charge is -2.18. The lowest BCUT2D eigenvalue weighted by Crippen LogP contribution is -2.45. The van der Waals surface area contributed by atoms with Crippen molar-refractivity contribution < 1.29 is 19.4 Å². The van der Waals surface area contributed by atoms with Crippen molar-refractivity contribution >= 4 is 12.1 Å². The number of nitrogens with one attached hydrogen (secondary N) is 1. The van der Waals surface area contributed by atoms with E-state index in [1.54, 1.807) is 27.7 Å². The maximum absolute atomic E-state index is 11.1. The molecule has 14 heavy (non-hydrogen) atoms. The van der Waals surface area contributed by atoms with Crippen LogP contribution in [0, 0.1) is 5.92 Å². The van der Waals surface area contributed by atoms with Gasteiger partial charge in [0.05, 0.1) is 6.10 Å². The molecule has 0 rings (SSSR count). The first-order valence-electron chi connectivity index (χ1n) is 4.54. The van der Waals surface area contributed by atoms with E-state index in [1.165, 1.54) is 0 Å². The number of carbonyl (C=O) groups is 2. The predicted octanol–water partition coefficient (Wildman–Crippen LogP) is 1.23. The first-order valence-corrected chi connectivity index (χ1v) is 4.54. The van der Waals surface area contributed by atoms with Crippen LogP contribution in [0.25, 0.3) is 0 Å². The fraction of sp³-hybridized carbons (Fsp3) is 0.778. The number of hydrogen-bond donors (Lipinski definition) is 2. The number of carboxylic acid groups (broad SMARTS) is 1. The van der Waals surface area contributed by atoms with Crippen LogP contribution >= 0.6 is 0 Å². The molecule has 1 atom stereocenters. The van der Waals surface area contributed by atoms with Gasteiger partial charge >= 0.3 is 12.1 Å². The Morgan fingerprint density at radius 3 is 2.00 bits per heavy atom. The molecule has 0 aromatic heterocycles. The standard InChI is InChI=1S/C9H17NO4/c1-5(2)7(8(11)12)10-9(13)14-6(3)4/h5-7H,1-4H3,(H,10,13)(H,11,12). The molecule has 0 fully saturated rings. The van der Waals surface area contributed by atoms with Gasteiger partial charge in [-0.25, -0.2) is 9.59 Å². The Balaban J connectivity index is 4.17. The normalized spacial score (nSPS) is 12.7. The van der Waals surface area contributed by atoms with Gasteiger partial charge in [-0.05, 0) is 19.8 Å². The molecule has 0 radical (unpaired) electrons. The molecular weight excluding hydrogens is 186 g/mol. The molecule has 1 unspecified atom stereocenters. The van der Waals surface area contributed by atoms with E-state index < -0.39 is 18.1 Å². The highest BCUT2D eigenvalue weighted by Gasteiger charge is 2.24. The summed E-state index contributed by atoms with van der Waals surface area (Å²) in [6.45, 7) is 6.83. The highest BCUT2D eigenvalue weighted by molar-refractivity contribution is 5.80. The monoisotopic (exact) mass is 203 g/mol. The highest BCUT2D eigenvalue weighted by atomic mass is 16.6. The summed E-state index contributed by atoms with van der Waals surface area (Å²) in [4.78, 5) is 21.8. The third kappa shape index (κ3) is 4.69. The minimum atomic E-state index is -1.05. The zero-order valence-corrected chi connectivity index (χ0v) is 8.90. The molecule has 82 valence electrons. The Bertz CT molecular complexity index is 213. The zero-order valence-electron chi connectivity index (χ0n) is 8.90. The Morgan fingerprint density at radius 2 is 1.71 bits per heavy atom. The zero-order chi connectivity index (χ0) is 11.3. The van der Waals surface area contributed by atoms with Gasteiger partial charge in [-0.2, -0.15) is 0 Å². The van der Waals surface area contributed by atoms with E-state index >= 15 is 0 Å². The van der Waals surface area contributed by atoms with Gasteiger partial charge in [0.2, 0.25) is 0 Å². The molecule has 5 nitrogen and oxygen atoms in total. The number of rotatable bonds is 4. The van der Waals surface area contributed by atoms with Crippen LogP contribution in [0.4, 0.5) is 4.79 Å². The van der Waals surface area contributed by atoms with Crippen LogP contribution in [-0.2, 0) is 9.53 Å². The second-order valence-corrected chi connectivity index (χ2v) is 3.66. The number of carboxylic acids is 1. The lowest BCUT2D eigenvalue weighted by molar-refractivity contribution is -0.140. The van der Waals surface area contributed by atoms with Crippen LogP contribution in [0.2, 0.25) is 0 Å². The van der Waals surface area contributed by atoms with Crippen molar-refractivity contribution in [3.8, 4) is 0 Å². The van der Waals surface area contributed by atoms with Crippen molar-refractivity contribution in [3.05, 3.63) is 0 Å². The molecule has 1 amide bonds. The summed E-state index contributed by atoms with van der Waals surface area (Å²) in [5, 5.41) is 11.0. The number of hydrogen-bond acceptors (Lipinski definition) is 3. The first-order chi connectivity index (χ1) is 6.34. The second-order valence-electron chi connectivity index (χ2n) is 3.66. The molecule has 0 spiro atoms. The van der Waals surface area contributed by atoms with Gasteiger partial charge in [0.15, 0.2) is 0 Å². The van der Waals surface area contributed by atoms with Gasteiger partial charge in [0.1, 0.15) is 6.04 Å². The van der Waals surface area contributed by atoms with E-state index in [2.05, 4.69) is 5.32 Å². The molecule has 0 heterocycles. The smallest absolute Gasteiger partial charge is 0.408 e. The average molecular weight is 203 g/mol. The fourth-order valence-electron chi connectivity index (χ4n) is 0.889. The largest absolute Gasteiger partial charge is 0.480 e. The van der Waals surface area contributed by atoms with Gasteiger partial charge in [0, 0.05) is 0 Å². The minimum absolute atomic E-state index is 0.174. The van der Waals surface area contributed by atoms with E-state index in [9.17, 15) is 9.59 Å². The quantitative estimate of drug-likeness (QED) is 0.720. The Hall–Kier alpha value is -1.26. The summed E-state index contributed by atoms with van der Waals surface area (Å²) >= 11 is 0. The van der Waals surface area contributed by atoms with Crippen LogP contribution in [0.1, 0.15) is 27.7 Å². The van der Waals surface area contributed by atoms with Crippen molar-refractivity contribution in [2.24, 2.45) is 5.92 Å². The molecular formula is C9H17NO4. The topological polar surface area (TPSA) is 75.6 Å². The van der Waals surface area contributed by atoms with Gasteiger partial charge < -0.3 is 15.2 Å². The van der Waals surface area contributed by atoms with Gasteiger partial charge in [0.25, 0.3) is 0 Å². The van der Waals surface area contributed by atoms with Crippen LogP contribution in [-0.4, -0.2) is 29.3 Å². The predicted molar refractivity (Wildman–Crippen MR) is 51.0 cm³/mol. The van der Waals surface area contributed by atoms with E-state index in [-0.39, 0.29) is 12.0 Å². The van der Waals surface area contributed by atoms with E-state index in [0.29, 0.717) is 0 Å². The molecule has 0 aliphatic carbocycles. The summed E-state index contributed by atoms with van der Waals surface area (Å²) in [5.41, 5.74) is 0. The molecule has 0 aliphatic heterocycles. The summed E-state index contributed by atoms with van der Waals surface area (Å²) in [6, 6.07) is -0.902. The number of ether oxygens (including phenoxy) is 1. The maximum atomic E-state index is 11.1. The highest BCUT2D eigenvalue weighted by Crippen LogP contribution is 2.02. The molecule has 0 aliphatic rings. The van der Waals surface area contributed by atoms with Crippen molar-refractivity contribution in [2.75, 3.05) is 0 Å². The minimum Gasteiger partial charge on any atom is -0.480 e. The average Bonchev–Trinajstić information content (AvgIpc) is 1.97. The molecule has 0 saturated carbocycles. The van der Waals surface area contributed by atoms with Crippen LogP contribution < -0.4 is 5.32 Å². The molecule has 2 N–H and O–H groups in total. The van der Waals surface area contributed by atoms with E-state index in [4.69, 9.17) is 9.84 Å². The molecule has 0 aromatic rings. The van der Waals surface area contributed by atoms with Crippen LogP contribution in [0.3, 0.4) is 0 Å². The van der Waals surface area contributed by atoms with Crippen molar-refractivity contribution in [3.63, 3.8) is 0 Å². The van der Waals surface area contributed by atoms with Crippen molar-refractivity contribution in [1.29, 1.82) is 0 Å². The summed E-state index contributed by atoms with van der Waals surface area (Å²) in [5.74, 6) is -1.23. The van der Waals surface area contributed by atoms with E-state index in [0.717, 1.165) is 0 Å². The summed E-state index contributed by atoms with van der Waals surface area (Å²) in [6.07, 6.45) is -0.947. The maximum Gasteiger partial charge on any atom is 0.408 e. The van der Waals surface area contributed by atoms with Crippen molar-refractivity contribution in [2.45, 2.75) is 39.8 Å². The third-order valence-electron chi connectivity index (χ3n) is 1.55. The van der Waals surface area contributed by atoms with Gasteiger partial charge in [-0.1, -0.05) is 13.8 Å². The Kier molecular flexibility index (Phi) is 4.97. The van der Waals surface area contributed by atoms with Gasteiger partial charge in [-0.15, -0.1) is 0 Å². The second kappa shape index (κ2) is 5.47. The Morgan fingerprint density at radius 1 is 1.21 bits per heavy atom. The third-order valence-corrected chi connectivity index (χ3v) is 1.55. The molecule has 0 saturated heterocycles. The number of carbonyl (C=O) groups excluding carboxylic acids is 1. The fourth-order valence-corrected chi connectivity index (χ4v) is 0.889. The van der Waals surface area contributed by atoms with Crippen LogP contribution in [0.15, 0.2) is 0 Å². The lowest BCUT2D eigenvalue weighted by atomic mass is 10.1. The van der Waals surface area contributed by atoms with Crippen molar-refractivity contribution in [1.82, 2.24) is 5.32 Å². The molecule has 0 bridgehead atoms. The molecule has 5 heteroatoms. The van der Waals surface area contributed by atoms with Gasteiger partial charge in [-0.3, -0.25) is 0 Å². The summed E-state index contributed by atoms with van der Waals surface area (Å²) < 4.78 is 4.77. The first kappa shape index (κ1) is 12.7. The molecule has 0 aromatic carbocycles. The Labute approximate surface area is 83.4 Å². The number of amides is 1. The van der Waals surface area contributed by atoms with Crippen LogP contribution in [0.5, 0.6) is 0 Å². The number of alkyl carbamates (subject to hydrolysis) is 1. The summed E-state index contributed by atoms with van der Waals surface area (Å²) in [7, 11) is 0.